The van der Waals surface area contributed by atoms with Crippen molar-refractivity contribution in [3.8, 4) is 0 Å². The molecule has 1 aromatic heterocycles. The van der Waals surface area contributed by atoms with Crippen LogP contribution in [0.3, 0.4) is 0 Å². The zero-order valence-electron chi connectivity index (χ0n) is 11.7. The lowest BCUT2D eigenvalue weighted by atomic mass is 10.2. The van der Waals surface area contributed by atoms with Crippen molar-refractivity contribution >= 4 is 17.5 Å². The Labute approximate surface area is 113 Å². The Bertz CT molecular complexity index is 470. The van der Waals surface area contributed by atoms with Crippen molar-refractivity contribution in [2.75, 3.05) is 24.3 Å². The fourth-order valence-electron chi connectivity index (χ4n) is 2.10. The minimum atomic E-state index is -0.420. The Morgan fingerprint density at radius 1 is 1.58 bits per heavy atom. The van der Waals surface area contributed by atoms with Gasteiger partial charge in [-0.1, -0.05) is 0 Å². The van der Waals surface area contributed by atoms with Gasteiger partial charge in [0.25, 0.3) is 0 Å². The van der Waals surface area contributed by atoms with Crippen LogP contribution in [0, 0.1) is 5.92 Å². The number of methoxy groups -OCH3 is 1. The molecule has 0 unspecified atom stereocenters. The topological polar surface area (TPSA) is 68.5 Å². The summed E-state index contributed by atoms with van der Waals surface area (Å²) in [5.74, 6) is 0.992. The van der Waals surface area contributed by atoms with E-state index < -0.39 is 5.97 Å². The van der Waals surface area contributed by atoms with Crippen LogP contribution in [0.2, 0.25) is 0 Å². The Hall–Kier alpha value is -1.78. The molecule has 0 radical (unpaired) electrons. The van der Waals surface area contributed by atoms with Gasteiger partial charge in [-0.05, 0) is 38.7 Å². The summed E-state index contributed by atoms with van der Waals surface area (Å²) in [6, 6.07) is 1.89. The van der Waals surface area contributed by atoms with Gasteiger partial charge in [-0.2, -0.15) is 0 Å². The molecule has 1 aromatic rings. The third-order valence-electron chi connectivity index (χ3n) is 3.42. The van der Waals surface area contributed by atoms with E-state index in [4.69, 9.17) is 10.5 Å². The van der Waals surface area contributed by atoms with Gasteiger partial charge < -0.3 is 15.4 Å². The Balaban J connectivity index is 2.33. The van der Waals surface area contributed by atoms with E-state index in [2.05, 4.69) is 23.7 Å². The summed E-state index contributed by atoms with van der Waals surface area (Å²) in [5.41, 5.74) is 6.88. The summed E-state index contributed by atoms with van der Waals surface area (Å²) in [6.07, 6.45) is 4.14. The van der Waals surface area contributed by atoms with Crippen molar-refractivity contribution in [3.05, 3.63) is 17.8 Å². The van der Waals surface area contributed by atoms with Crippen molar-refractivity contribution in [1.29, 1.82) is 0 Å². The lowest BCUT2D eigenvalue weighted by Gasteiger charge is -2.29. The van der Waals surface area contributed by atoms with Crippen molar-refractivity contribution in [2.45, 2.75) is 32.7 Å². The van der Waals surface area contributed by atoms with E-state index in [0.717, 1.165) is 12.5 Å². The smallest absolute Gasteiger partial charge is 0.340 e. The quantitative estimate of drug-likeness (QED) is 0.824. The Kier molecular flexibility index (Phi) is 3.93. The summed E-state index contributed by atoms with van der Waals surface area (Å²) in [7, 11) is 1.35. The molecule has 104 valence electrons. The predicted molar refractivity (Wildman–Crippen MR) is 75.2 cm³/mol. The van der Waals surface area contributed by atoms with Crippen molar-refractivity contribution in [1.82, 2.24) is 4.98 Å². The molecule has 19 heavy (non-hydrogen) atoms. The van der Waals surface area contributed by atoms with E-state index in [1.54, 1.807) is 12.3 Å². The van der Waals surface area contributed by atoms with E-state index >= 15 is 0 Å². The molecule has 5 nitrogen and oxygen atoms in total. The van der Waals surface area contributed by atoms with Crippen LogP contribution in [-0.4, -0.2) is 30.6 Å². The first-order valence-corrected chi connectivity index (χ1v) is 6.64. The first-order chi connectivity index (χ1) is 9.04. The molecule has 0 bridgehead atoms. The number of nitrogen functional groups attached to an aromatic ring is 1. The van der Waals surface area contributed by atoms with Gasteiger partial charge in [0.1, 0.15) is 0 Å². The molecule has 0 aliphatic heterocycles. The molecule has 1 aliphatic carbocycles. The molecular weight excluding hydrogens is 242 g/mol. The second kappa shape index (κ2) is 5.47. The van der Waals surface area contributed by atoms with Crippen LogP contribution in [0.1, 0.15) is 37.0 Å². The SMILES string of the molecule is COC(=O)c1ccnc(N(CC2CC2)C(C)C)c1N. The second-order valence-corrected chi connectivity index (χ2v) is 5.28. The van der Waals surface area contributed by atoms with E-state index in [0.29, 0.717) is 23.1 Å². The fraction of sp³-hybridized carbons (Fsp3) is 0.571. The van der Waals surface area contributed by atoms with E-state index in [-0.39, 0.29) is 0 Å². The number of rotatable bonds is 5. The van der Waals surface area contributed by atoms with Gasteiger partial charge in [0.15, 0.2) is 5.82 Å². The maximum Gasteiger partial charge on any atom is 0.340 e. The van der Waals surface area contributed by atoms with Crippen LogP contribution in [0.15, 0.2) is 12.3 Å². The van der Waals surface area contributed by atoms with E-state index in [1.165, 1.54) is 20.0 Å². The molecule has 1 aliphatic rings. The van der Waals surface area contributed by atoms with Crippen LogP contribution in [0.4, 0.5) is 11.5 Å². The number of nitrogens with zero attached hydrogens (tertiary/aromatic N) is 2. The minimum absolute atomic E-state index is 0.295. The molecule has 1 saturated carbocycles. The third-order valence-corrected chi connectivity index (χ3v) is 3.42. The van der Waals surface area contributed by atoms with Crippen molar-refractivity contribution in [2.24, 2.45) is 5.92 Å². The summed E-state index contributed by atoms with van der Waals surface area (Å²) in [4.78, 5) is 18.2. The standard InChI is InChI=1S/C14H21N3O2/c1-9(2)17(8-10-4-5-10)13-12(15)11(6-7-16-13)14(18)19-3/h6-7,9-10H,4-5,8,15H2,1-3H3. The molecule has 2 N–H and O–H groups in total. The lowest BCUT2D eigenvalue weighted by molar-refractivity contribution is 0.0602. The van der Waals surface area contributed by atoms with Gasteiger partial charge in [-0.25, -0.2) is 9.78 Å². The normalized spacial score (nSPS) is 14.5. The number of nitrogens with two attached hydrogens (primary N) is 1. The second-order valence-electron chi connectivity index (χ2n) is 5.28. The molecule has 0 amide bonds. The van der Waals surface area contributed by atoms with Gasteiger partial charge in [0.05, 0.1) is 18.4 Å². The van der Waals surface area contributed by atoms with Gasteiger partial charge >= 0.3 is 5.97 Å². The first kappa shape index (κ1) is 13.6. The number of anilines is 2. The van der Waals surface area contributed by atoms with E-state index in [1.807, 2.05) is 0 Å². The maximum atomic E-state index is 11.7. The molecular formula is C14H21N3O2. The molecule has 0 aromatic carbocycles. The molecule has 0 atom stereocenters. The summed E-state index contributed by atoms with van der Waals surface area (Å²) in [5, 5.41) is 0. The van der Waals surface area contributed by atoms with E-state index in [9.17, 15) is 4.79 Å². The number of pyridine rings is 1. The highest BCUT2D eigenvalue weighted by Gasteiger charge is 2.28. The maximum absolute atomic E-state index is 11.7. The molecule has 0 spiro atoms. The third kappa shape index (κ3) is 2.97. The van der Waals surface area contributed by atoms with Gasteiger partial charge in [0, 0.05) is 18.8 Å². The molecule has 5 heteroatoms. The molecule has 2 rings (SSSR count). The fourth-order valence-corrected chi connectivity index (χ4v) is 2.10. The van der Waals surface area contributed by atoms with Gasteiger partial charge in [-0.15, -0.1) is 0 Å². The summed E-state index contributed by atoms with van der Waals surface area (Å²) >= 11 is 0. The van der Waals surface area contributed by atoms with Gasteiger partial charge in [-0.3, -0.25) is 0 Å². The molecule has 1 heterocycles. The van der Waals surface area contributed by atoms with Crippen LogP contribution in [0.5, 0.6) is 0 Å². The number of aromatic nitrogens is 1. The highest BCUT2D eigenvalue weighted by Crippen LogP contribution is 2.34. The van der Waals surface area contributed by atoms with Crippen LogP contribution >= 0.6 is 0 Å². The first-order valence-electron chi connectivity index (χ1n) is 6.64. The van der Waals surface area contributed by atoms with Gasteiger partial charge in [0.2, 0.25) is 0 Å². The summed E-state index contributed by atoms with van der Waals surface area (Å²) < 4.78 is 4.74. The number of esters is 1. The monoisotopic (exact) mass is 263 g/mol. The van der Waals surface area contributed by atoms with Crippen LogP contribution in [-0.2, 0) is 4.74 Å². The van der Waals surface area contributed by atoms with Crippen molar-refractivity contribution in [3.63, 3.8) is 0 Å². The Morgan fingerprint density at radius 3 is 2.79 bits per heavy atom. The Morgan fingerprint density at radius 2 is 2.26 bits per heavy atom. The largest absolute Gasteiger partial charge is 0.465 e. The zero-order chi connectivity index (χ0) is 14.0. The number of carbonyl (C=O) groups is 1. The number of hydrogen-bond acceptors (Lipinski definition) is 5. The highest BCUT2D eigenvalue weighted by atomic mass is 16.5. The highest BCUT2D eigenvalue weighted by molar-refractivity contribution is 5.97. The predicted octanol–water partition coefficient (Wildman–Crippen LogP) is 2.08. The average molecular weight is 263 g/mol. The number of hydrogen-bond donors (Lipinski definition) is 1. The van der Waals surface area contributed by atoms with Crippen molar-refractivity contribution < 1.29 is 9.53 Å². The molecule has 1 fully saturated rings. The zero-order valence-corrected chi connectivity index (χ0v) is 11.7. The minimum Gasteiger partial charge on any atom is -0.465 e. The lowest BCUT2D eigenvalue weighted by Crippen LogP contribution is -2.34. The summed E-state index contributed by atoms with van der Waals surface area (Å²) in [6.45, 7) is 5.15. The molecule has 0 saturated heterocycles. The number of carbonyl (C=O) groups excluding carboxylic acids is 1. The van der Waals surface area contributed by atoms with Crippen LogP contribution < -0.4 is 10.6 Å². The average Bonchev–Trinajstić information content (AvgIpc) is 3.19. The van der Waals surface area contributed by atoms with Crippen LogP contribution in [0.25, 0.3) is 0 Å². The number of ether oxygens (including phenoxy) is 1.